The van der Waals surface area contributed by atoms with Crippen LogP contribution in [0.3, 0.4) is 0 Å². The Morgan fingerprint density at radius 3 is 3.18 bits per heavy atom. The summed E-state index contributed by atoms with van der Waals surface area (Å²) in [4.78, 5) is 11.7. The van der Waals surface area contributed by atoms with Crippen molar-refractivity contribution in [2.24, 2.45) is 15.8 Å². The molecule has 0 saturated carbocycles. The maximum absolute atomic E-state index is 8.10. The normalized spacial score (nSPS) is 19.4. The molecule has 0 saturated heterocycles. The van der Waals surface area contributed by atoms with Gasteiger partial charge in [0.2, 0.25) is 5.96 Å². The molecule has 0 aromatic heterocycles. The number of hydroxylamine groups is 2. The highest BCUT2D eigenvalue weighted by atomic mass is 16.7. The Morgan fingerprint density at radius 1 is 1.76 bits per heavy atom. The molecular weight excluding hydrogens is 228 g/mol. The van der Waals surface area contributed by atoms with Gasteiger partial charge in [-0.05, 0) is 12.5 Å². The predicted octanol–water partition coefficient (Wildman–Crippen LogP) is -0.297. The van der Waals surface area contributed by atoms with Gasteiger partial charge in [0.15, 0.2) is 5.96 Å². The first kappa shape index (κ1) is 13.0. The number of ether oxygens (including phenoxy) is 1. The van der Waals surface area contributed by atoms with Crippen LogP contribution in [0, 0.1) is 5.41 Å². The summed E-state index contributed by atoms with van der Waals surface area (Å²) in [6.45, 7) is 2.45. The number of nitrogens with one attached hydrogen (secondary N) is 2. The van der Waals surface area contributed by atoms with Crippen LogP contribution < -0.4 is 11.1 Å². The molecular formula is C7H14N8O2. The lowest BCUT2D eigenvalue weighted by atomic mass is 10.6. The SMILES string of the molecule is CCOC1N=C(N)NC(=N)N1OCCN=[N+]=[N-]. The Morgan fingerprint density at radius 2 is 2.53 bits per heavy atom. The molecule has 17 heavy (non-hydrogen) atoms. The Labute approximate surface area is 97.5 Å². The lowest BCUT2D eigenvalue weighted by Crippen LogP contribution is -2.56. The number of rotatable bonds is 6. The van der Waals surface area contributed by atoms with Crippen molar-refractivity contribution < 1.29 is 9.57 Å². The molecule has 10 nitrogen and oxygen atoms in total. The van der Waals surface area contributed by atoms with Crippen molar-refractivity contribution in [2.45, 2.75) is 13.3 Å². The van der Waals surface area contributed by atoms with Crippen LogP contribution in [0.25, 0.3) is 10.4 Å². The van der Waals surface area contributed by atoms with Crippen molar-refractivity contribution in [3.05, 3.63) is 10.4 Å². The van der Waals surface area contributed by atoms with E-state index in [1.807, 2.05) is 0 Å². The van der Waals surface area contributed by atoms with Crippen molar-refractivity contribution >= 4 is 11.9 Å². The highest BCUT2D eigenvalue weighted by molar-refractivity contribution is 5.97. The van der Waals surface area contributed by atoms with Crippen LogP contribution in [0.15, 0.2) is 10.1 Å². The second-order valence-corrected chi connectivity index (χ2v) is 2.88. The molecule has 1 heterocycles. The van der Waals surface area contributed by atoms with Gasteiger partial charge in [-0.15, -0.1) is 0 Å². The number of hydrogen-bond donors (Lipinski definition) is 3. The van der Waals surface area contributed by atoms with Crippen LogP contribution in [0.4, 0.5) is 0 Å². The molecule has 4 N–H and O–H groups in total. The molecule has 0 bridgehead atoms. The van der Waals surface area contributed by atoms with E-state index in [4.69, 9.17) is 26.2 Å². The first-order valence-corrected chi connectivity index (χ1v) is 4.92. The third kappa shape index (κ3) is 3.79. The lowest BCUT2D eigenvalue weighted by Gasteiger charge is -2.32. The third-order valence-corrected chi connectivity index (χ3v) is 1.72. The van der Waals surface area contributed by atoms with Crippen LogP contribution in [0.2, 0.25) is 0 Å². The van der Waals surface area contributed by atoms with E-state index >= 15 is 0 Å². The first-order chi connectivity index (χ1) is 8.19. The van der Waals surface area contributed by atoms with Gasteiger partial charge in [-0.3, -0.25) is 15.6 Å². The number of azide groups is 1. The van der Waals surface area contributed by atoms with E-state index in [2.05, 4.69) is 20.3 Å². The van der Waals surface area contributed by atoms with Gasteiger partial charge in [0.25, 0.3) is 6.35 Å². The van der Waals surface area contributed by atoms with Crippen LogP contribution in [-0.2, 0) is 9.57 Å². The van der Waals surface area contributed by atoms with Crippen molar-refractivity contribution in [3.63, 3.8) is 0 Å². The molecule has 94 valence electrons. The van der Waals surface area contributed by atoms with E-state index < -0.39 is 6.35 Å². The Balaban J connectivity index is 2.58. The lowest BCUT2D eigenvalue weighted by molar-refractivity contribution is -0.203. The summed E-state index contributed by atoms with van der Waals surface area (Å²) in [5.74, 6) is 0.000216. The summed E-state index contributed by atoms with van der Waals surface area (Å²) in [6, 6.07) is 0. The maximum Gasteiger partial charge on any atom is 0.257 e. The molecule has 10 heteroatoms. The minimum absolute atomic E-state index is 0.0862. The highest BCUT2D eigenvalue weighted by Gasteiger charge is 2.27. The van der Waals surface area contributed by atoms with Crippen molar-refractivity contribution in [2.75, 3.05) is 19.8 Å². The standard InChI is InChI=1S/C7H14N8O2/c1-2-16-7-13-5(8)12-6(9)15(7)17-4-3-11-14-10/h7H,2-4H2,1H3,(H4,8,9,12,13). The number of aliphatic imine (C=N–C) groups is 1. The monoisotopic (exact) mass is 242 g/mol. The summed E-state index contributed by atoms with van der Waals surface area (Å²) in [5, 5.41) is 14.5. The zero-order valence-corrected chi connectivity index (χ0v) is 9.33. The second kappa shape index (κ2) is 6.53. The molecule has 1 aliphatic rings. The van der Waals surface area contributed by atoms with E-state index in [1.165, 1.54) is 0 Å². The van der Waals surface area contributed by atoms with Crippen molar-refractivity contribution in [1.82, 2.24) is 10.4 Å². The van der Waals surface area contributed by atoms with Crippen molar-refractivity contribution in [3.8, 4) is 0 Å². The Hall–Kier alpha value is -2.03. The summed E-state index contributed by atoms with van der Waals surface area (Å²) < 4.78 is 5.24. The fourth-order valence-electron chi connectivity index (χ4n) is 1.10. The van der Waals surface area contributed by atoms with Gasteiger partial charge >= 0.3 is 0 Å². The number of guanidine groups is 2. The maximum atomic E-state index is 8.10. The molecule has 1 atom stereocenters. The zero-order valence-electron chi connectivity index (χ0n) is 9.33. The van der Waals surface area contributed by atoms with Gasteiger partial charge in [-0.25, -0.2) is 0 Å². The van der Waals surface area contributed by atoms with E-state index in [1.54, 1.807) is 6.92 Å². The zero-order chi connectivity index (χ0) is 12.7. The summed E-state index contributed by atoms with van der Waals surface area (Å²) in [7, 11) is 0. The predicted molar refractivity (Wildman–Crippen MR) is 59.7 cm³/mol. The van der Waals surface area contributed by atoms with Gasteiger partial charge in [0.1, 0.15) is 0 Å². The minimum atomic E-state index is -0.806. The van der Waals surface area contributed by atoms with E-state index in [0.717, 1.165) is 5.06 Å². The van der Waals surface area contributed by atoms with E-state index in [-0.39, 0.29) is 25.1 Å². The molecule has 1 unspecified atom stereocenters. The van der Waals surface area contributed by atoms with Crippen molar-refractivity contribution in [1.29, 1.82) is 5.41 Å². The van der Waals surface area contributed by atoms with Gasteiger partial charge < -0.3 is 10.5 Å². The number of nitrogens with two attached hydrogens (primary N) is 1. The third-order valence-electron chi connectivity index (χ3n) is 1.72. The summed E-state index contributed by atoms with van der Waals surface area (Å²) in [5.41, 5.74) is 13.6. The van der Waals surface area contributed by atoms with Crippen LogP contribution in [-0.4, -0.2) is 43.1 Å². The second-order valence-electron chi connectivity index (χ2n) is 2.88. The molecule has 0 aromatic carbocycles. The Kier molecular flexibility index (Phi) is 5.01. The van der Waals surface area contributed by atoms with Crippen LogP contribution in [0.1, 0.15) is 6.92 Å². The van der Waals surface area contributed by atoms with Crippen LogP contribution in [0.5, 0.6) is 0 Å². The number of hydrogen-bond acceptors (Lipinski definition) is 6. The average molecular weight is 242 g/mol. The van der Waals surface area contributed by atoms with E-state index in [9.17, 15) is 0 Å². The molecule has 0 aromatic rings. The fraction of sp³-hybridized carbons (Fsp3) is 0.714. The van der Waals surface area contributed by atoms with Gasteiger partial charge in [0.05, 0.1) is 13.2 Å². The summed E-state index contributed by atoms with van der Waals surface area (Å²) >= 11 is 0. The summed E-state index contributed by atoms with van der Waals surface area (Å²) in [6.07, 6.45) is -0.806. The van der Waals surface area contributed by atoms with E-state index in [0.29, 0.717) is 6.61 Å². The topological polar surface area (TPSA) is 145 Å². The average Bonchev–Trinajstić information content (AvgIpc) is 2.27. The highest BCUT2D eigenvalue weighted by Crippen LogP contribution is 2.08. The molecule has 1 aliphatic heterocycles. The first-order valence-electron chi connectivity index (χ1n) is 4.92. The molecule has 0 amide bonds. The molecule has 0 radical (unpaired) electrons. The van der Waals surface area contributed by atoms with Gasteiger partial charge in [-0.2, -0.15) is 10.1 Å². The molecule has 0 aliphatic carbocycles. The Bertz CT molecular complexity index is 350. The fourth-order valence-corrected chi connectivity index (χ4v) is 1.10. The molecule has 1 rings (SSSR count). The molecule has 0 fully saturated rings. The van der Waals surface area contributed by atoms with Gasteiger partial charge in [-0.1, -0.05) is 5.11 Å². The number of nitrogens with zero attached hydrogens (tertiary/aromatic N) is 5. The van der Waals surface area contributed by atoms with Crippen LogP contribution >= 0.6 is 0 Å². The quantitative estimate of drug-likeness (QED) is 0.253. The molecule has 0 spiro atoms. The minimum Gasteiger partial charge on any atom is -0.369 e. The smallest absolute Gasteiger partial charge is 0.257 e. The van der Waals surface area contributed by atoms with Gasteiger partial charge in [0, 0.05) is 11.5 Å². The largest absolute Gasteiger partial charge is 0.369 e.